The summed E-state index contributed by atoms with van der Waals surface area (Å²) in [5, 5.41) is 8.80. The molecule has 1 aromatic heterocycles. The van der Waals surface area contributed by atoms with E-state index < -0.39 is 5.97 Å². The summed E-state index contributed by atoms with van der Waals surface area (Å²) in [7, 11) is 0. The standard InChI is InChI=1S/C14H21NO3/c1-3-5-6-11(4-2)10-15-8-7-12(14(17)18)9-13(15)16/h7-9,11H,3-6,10H2,1-2H3,(H,17,18). The average Bonchev–Trinajstić information content (AvgIpc) is 2.35. The van der Waals surface area contributed by atoms with E-state index in [1.807, 2.05) is 0 Å². The van der Waals surface area contributed by atoms with Gasteiger partial charge in [0.2, 0.25) is 0 Å². The number of aromatic carboxylic acids is 1. The highest BCUT2D eigenvalue weighted by Crippen LogP contribution is 2.14. The zero-order valence-electron chi connectivity index (χ0n) is 11.1. The molecule has 18 heavy (non-hydrogen) atoms. The second kappa shape index (κ2) is 6.99. The van der Waals surface area contributed by atoms with Crippen LogP contribution < -0.4 is 5.56 Å². The number of nitrogens with zero attached hydrogens (tertiary/aromatic N) is 1. The normalized spacial score (nSPS) is 12.3. The first-order valence-electron chi connectivity index (χ1n) is 6.52. The number of rotatable bonds is 7. The van der Waals surface area contributed by atoms with E-state index in [-0.39, 0.29) is 11.1 Å². The Morgan fingerprint density at radius 2 is 2.17 bits per heavy atom. The lowest BCUT2D eigenvalue weighted by Gasteiger charge is -2.16. The molecule has 0 bridgehead atoms. The van der Waals surface area contributed by atoms with E-state index in [0.717, 1.165) is 19.3 Å². The number of carboxylic acid groups (broad SMARTS) is 1. The minimum atomic E-state index is -1.06. The maximum Gasteiger partial charge on any atom is 0.335 e. The van der Waals surface area contributed by atoms with Gasteiger partial charge >= 0.3 is 5.97 Å². The third kappa shape index (κ3) is 4.02. The Morgan fingerprint density at radius 3 is 2.67 bits per heavy atom. The molecule has 4 nitrogen and oxygen atoms in total. The van der Waals surface area contributed by atoms with Gasteiger partial charge in [0, 0.05) is 18.8 Å². The van der Waals surface area contributed by atoms with Crippen LogP contribution in [0.3, 0.4) is 0 Å². The first-order chi connectivity index (χ1) is 8.58. The molecule has 0 spiro atoms. The van der Waals surface area contributed by atoms with Crippen molar-refractivity contribution in [3.05, 3.63) is 34.2 Å². The van der Waals surface area contributed by atoms with Gasteiger partial charge in [0.05, 0.1) is 5.56 Å². The Bertz CT molecular complexity index is 451. The first-order valence-corrected chi connectivity index (χ1v) is 6.52. The van der Waals surface area contributed by atoms with Gasteiger partial charge in [0.1, 0.15) is 0 Å². The van der Waals surface area contributed by atoms with Crippen LogP contribution in [0.4, 0.5) is 0 Å². The largest absolute Gasteiger partial charge is 0.478 e. The second-order valence-electron chi connectivity index (χ2n) is 4.63. The number of hydrogen-bond acceptors (Lipinski definition) is 2. The Hall–Kier alpha value is -1.58. The monoisotopic (exact) mass is 251 g/mol. The number of carbonyl (C=O) groups is 1. The number of unbranched alkanes of at least 4 members (excludes halogenated alkanes) is 1. The molecular weight excluding hydrogens is 230 g/mol. The maximum absolute atomic E-state index is 11.8. The van der Waals surface area contributed by atoms with E-state index in [1.165, 1.54) is 18.6 Å². The van der Waals surface area contributed by atoms with Crippen LogP contribution in [-0.2, 0) is 6.54 Å². The summed E-state index contributed by atoms with van der Waals surface area (Å²) >= 11 is 0. The molecule has 0 fully saturated rings. The van der Waals surface area contributed by atoms with Crippen molar-refractivity contribution in [1.29, 1.82) is 0 Å². The molecule has 1 heterocycles. The first kappa shape index (κ1) is 14.5. The van der Waals surface area contributed by atoms with Crippen LogP contribution in [0.2, 0.25) is 0 Å². The van der Waals surface area contributed by atoms with Crippen molar-refractivity contribution in [3.63, 3.8) is 0 Å². The van der Waals surface area contributed by atoms with Crippen molar-refractivity contribution in [2.45, 2.75) is 46.1 Å². The van der Waals surface area contributed by atoms with Crippen molar-refractivity contribution in [2.24, 2.45) is 5.92 Å². The number of aromatic nitrogens is 1. The van der Waals surface area contributed by atoms with Gasteiger partial charge in [-0.05, 0) is 18.4 Å². The van der Waals surface area contributed by atoms with Crippen LogP contribution in [0.1, 0.15) is 49.9 Å². The van der Waals surface area contributed by atoms with Crippen LogP contribution >= 0.6 is 0 Å². The highest BCUT2D eigenvalue weighted by Gasteiger charge is 2.09. The van der Waals surface area contributed by atoms with Crippen LogP contribution in [0.5, 0.6) is 0 Å². The second-order valence-corrected chi connectivity index (χ2v) is 4.63. The minimum absolute atomic E-state index is 0.0536. The molecule has 1 atom stereocenters. The molecule has 1 rings (SSSR count). The van der Waals surface area contributed by atoms with E-state index >= 15 is 0 Å². The summed E-state index contributed by atoms with van der Waals surface area (Å²) in [6, 6.07) is 2.67. The number of hydrogen-bond donors (Lipinski definition) is 1. The number of pyridine rings is 1. The smallest absolute Gasteiger partial charge is 0.335 e. The summed E-state index contributed by atoms with van der Waals surface area (Å²) in [6.45, 7) is 4.95. The van der Waals surface area contributed by atoms with E-state index in [1.54, 1.807) is 10.8 Å². The molecule has 0 radical (unpaired) electrons. The third-order valence-electron chi connectivity index (χ3n) is 3.24. The van der Waals surface area contributed by atoms with Crippen molar-refractivity contribution in [3.8, 4) is 0 Å². The fourth-order valence-electron chi connectivity index (χ4n) is 1.99. The highest BCUT2D eigenvalue weighted by atomic mass is 16.4. The zero-order chi connectivity index (χ0) is 13.5. The molecular formula is C14H21NO3. The molecule has 0 aromatic carbocycles. The third-order valence-corrected chi connectivity index (χ3v) is 3.24. The molecule has 1 unspecified atom stereocenters. The van der Waals surface area contributed by atoms with Gasteiger partial charge in [-0.2, -0.15) is 0 Å². The Kier molecular flexibility index (Phi) is 5.62. The SMILES string of the molecule is CCCCC(CC)Cn1ccc(C(=O)O)cc1=O. The van der Waals surface area contributed by atoms with Gasteiger partial charge in [-0.15, -0.1) is 0 Å². The summed E-state index contributed by atoms with van der Waals surface area (Å²) in [5.74, 6) is -0.574. The van der Waals surface area contributed by atoms with Gasteiger partial charge in [0.15, 0.2) is 0 Å². The molecule has 0 saturated heterocycles. The van der Waals surface area contributed by atoms with E-state index in [4.69, 9.17) is 5.11 Å². The molecule has 100 valence electrons. The van der Waals surface area contributed by atoms with Crippen molar-refractivity contribution >= 4 is 5.97 Å². The van der Waals surface area contributed by atoms with Gasteiger partial charge in [-0.1, -0.05) is 33.1 Å². The summed E-state index contributed by atoms with van der Waals surface area (Å²) in [5.41, 5.74) is -0.178. The Labute approximate surface area is 107 Å². The van der Waals surface area contributed by atoms with Gasteiger partial charge in [0.25, 0.3) is 5.56 Å². The molecule has 0 aliphatic heterocycles. The topological polar surface area (TPSA) is 59.3 Å². The average molecular weight is 251 g/mol. The van der Waals surface area contributed by atoms with Crippen molar-refractivity contribution < 1.29 is 9.90 Å². The molecule has 0 saturated carbocycles. The predicted octanol–water partition coefficient (Wildman–Crippen LogP) is 2.76. The fraction of sp³-hybridized carbons (Fsp3) is 0.571. The van der Waals surface area contributed by atoms with Gasteiger partial charge in [-0.3, -0.25) is 4.79 Å². The predicted molar refractivity (Wildman–Crippen MR) is 71.0 cm³/mol. The van der Waals surface area contributed by atoms with E-state index in [9.17, 15) is 9.59 Å². The lowest BCUT2D eigenvalue weighted by molar-refractivity contribution is 0.0696. The molecule has 1 aromatic rings. The molecule has 0 amide bonds. The zero-order valence-corrected chi connectivity index (χ0v) is 11.1. The number of carboxylic acids is 1. The molecule has 1 N–H and O–H groups in total. The van der Waals surface area contributed by atoms with Gasteiger partial charge in [-0.25, -0.2) is 4.79 Å². The summed E-state index contributed by atoms with van der Waals surface area (Å²) in [6.07, 6.45) is 6.05. The molecule has 0 aliphatic carbocycles. The molecule has 0 aliphatic rings. The molecule has 4 heteroatoms. The van der Waals surface area contributed by atoms with Crippen LogP contribution in [0, 0.1) is 5.92 Å². The Morgan fingerprint density at radius 1 is 1.44 bits per heavy atom. The fourth-order valence-corrected chi connectivity index (χ4v) is 1.99. The van der Waals surface area contributed by atoms with Crippen LogP contribution in [-0.4, -0.2) is 15.6 Å². The quantitative estimate of drug-likeness (QED) is 0.810. The highest BCUT2D eigenvalue weighted by molar-refractivity contribution is 5.87. The Balaban J connectivity index is 2.78. The van der Waals surface area contributed by atoms with Gasteiger partial charge < -0.3 is 9.67 Å². The lowest BCUT2D eigenvalue weighted by Crippen LogP contribution is -2.24. The minimum Gasteiger partial charge on any atom is -0.478 e. The lowest BCUT2D eigenvalue weighted by atomic mass is 9.99. The van der Waals surface area contributed by atoms with E-state index in [2.05, 4.69) is 13.8 Å². The van der Waals surface area contributed by atoms with Crippen molar-refractivity contribution in [2.75, 3.05) is 0 Å². The van der Waals surface area contributed by atoms with Crippen LogP contribution in [0.25, 0.3) is 0 Å². The van der Waals surface area contributed by atoms with E-state index in [0.29, 0.717) is 12.5 Å². The van der Waals surface area contributed by atoms with Crippen LogP contribution in [0.15, 0.2) is 23.1 Å². The maximum atomic E-state index is 11.8. The summed E-state index contributed by atoms with van der Waals surface area (Å²) < 4.78 is 1.61. The van der Waals surface area contributed by atoms with Crippen molar-refractivity contribution in [1.82, 2.24) is 4.57 Å². The summed E-state index contributed by atoms with van der Waals surface area (Å²) in [4.78, 5) is 22.5.